The predicted octanol–water partition coefficient (Wildman–Crippen LogP) is 4.47. The summed E-state index contributed by atoms with van der Waals surface area (Å²) in [5.41, 5.74) is 1.52. The molecular weight excluding hydrogens is 499 g/mol. The SMILES string of the molecule is CCCCOCCN(CCc1ccc(Cl)c(Cl)c1)C[C@H](O)COc1ccc(NS(C)(=O)=O)cc1. The number of aliphatic hydroxyl groups is 1. The molecule has 0 fully saturated rings. The maximum Gasteiger partial charge on any atom is 0.229 e. The average Bonchev–Trinajstić information content (AvgIpc) is 2.78. The minimum atomic E-state index is -3.33. The Bertz CT molecular complexity index is 974. The number of sulfonamides is 1. The first kappa shape index (κ1) is 28.7. The molecule has 34 heavy (non-hydrogen) atoms. The quantitative estimate of drug-likeness (QED) is 0.310. The molecule has 0 unspecified atom stereocenters. The highest BCUT2D eigenvalue weighted by atomic mass is 35.5. The van der Waals surface area contributed by atoms with Gasteiger partial charge in [0.2, 0.25) is 10.0 Å². The Hall–Kier alpha value is -1.55. The normalized spacial score (nSPS) is 12.6. The molecule has 0 radical (unpaired) electrons. The van der Waals surface area contributed by atoms with Crippen molar-refractivity contribution >= 4 is 38.9 Å². The lowest BCUT2D eigenvalue weighted by Crippen LogP contribution is -2.38. The fraction of sp³-hybridized carbons (Fsp3) is 0.500. The summed E-state index contributed by atoms with van der Waals surface area (Å²) in [4.78, 5) is 2.14. The second kappa shape index (κ2) is 14.8. The van der Waals surface area contributed by atoms with Crippen molar-refractivity contribution in [3.8, 4) is 5.75 Å². The Morgan fingerprint density at radius 2 is 1.79 bits per heavy atom. The first-order valence-electron chi connectivity index (χ1n) is 11.3. The van der Waals surface area contributed by atoms with Gasteiger partial charge in [-0.1, -0.05) is 42.6 Å². The van der Waals surface area contributed by atoms with Crippen molar-refractivity contribution in [2.45, 2.75) is 32.3 Å². The van der Waals surface area contributed by atoms with Gasteiger partial charge in [-0.3, -0.25) is 9.62 Å². The van der Waals surface area contributed by atoms with E-state index in [0.29, 0.717) is 41.2 Å². The lowest BCUT2D eigenvalue weighted by molar-refractivity contribution is 0.0495. The zero-order valence-electron chi connectivity index (χ0n) is 19.7. The first-order valence-corrected chi connectivity index (χ1v) is 13.9. The molecule has 0 bridgehead atoms. The highest BCUT2D eigenvalue weighted by molar-refractivity contribution is 7.92. The smallest absolute Gasteiger partial charge is 0.229 e. The summed E-state index contributed by atoms with van der Waals surface area (Å²) >= 11 is 12.1. The van der Waals surface area contributed by atoms with E-state index in [4.69, 9.17) is 32.7 Å². The first-order chi connectivity index (χ1) is 16.2. The largest absolute Gasteiger partial charge is 0.491 e. The van der Waals surface area contributed by atoms with Gasteiger partial charge < -0.3 is 14.6 Å². The van der Waals surface area contributed by atoms with Crippen molar-refractivity contribution in [2.24, 2.45) is 0 Å². The molecule has 0 aromatic heterocycles. The van der Waals surface area contributed by atoms with E-state index in [9.17, 15) is 13.5 Å². The van der Waals surface area contributed by atoms with Crippen LogP contribution in [0.4, 0.5) is 5.69 Å². The number of unbranched alkanes of at least 4 members (excludes halogenated alkanes) is 1. The molecule has 2 aromatic carbocycles. The molecule has 7 nitrogen and oxygen atoms in total. The van der Waals surface area contributed by atoms with Crippen LogP contribution in [-0.4, -0.2) is 70.2 Å². The Morgan fingerprint density at radius 1 is 1.06 bits per heavy atom. The van der Waals surface area contributed by atoms with E-state index in [1.54, 1.807) is 30.3 Å². The zero-order valence-corrected chi connectivity index (χ0v) is 22.0. The Balaban J connectivity index is 1.87. The Kier molecular flexibility index (Phi) is 12.5. The van der Waals surface area contributed by atoms with Crippen molar-refractivity contribution in [3.63, 3.8) is 0 Å². The topological polar surface area (TPSA) is 88.1 Å². The third kappa shape index (κ3) is 11.7. The summed E-state index contributed by atoms with van der Waals surface area (Å²) in [6.45, 7) is 5.38. The van der Waals surface area contributed by atoms with E-state index < -0.39 is 16.1 Å². The van der Waals surface area contributed by atoms with Crippen LogP contribution in [-0.2, 0) is 21.2 Å². The second-order valence-corrected chi connectivity index (χ2v) is 10.7. The van der Waals surface area contributed by atoms with E-state index in [2.05, 4.69) is 16.5 Å². The molecule has 0 saturated heterocycles. The second-order valence-electron chi connectivity index (χ2n) is 8.13. The molecule has 0 amide bonds. The van der Waals surface area contributed by atoms with Crippen LogP contribution in [0.5, 0.6) is 5.75 Å². The molecule has 0 aliphatic rings. The van der Waals surface area contributed by atoms with Crippen molar-refractivity contribution in [1.82, 2.24) is 4.90 Å². The highest BCUT2D eigenvalue weighted by Gasteiger charge is 2.14. The summed E-state index contributed by atoms with van der Waals surface area (Å²) in [5.74, 6) is 0.545. The van der Waals surface area contributed by atoms with Crippen molar-refractivity contribution < 1.29 is 23.0 Å². The molecule has 190 valence electrons. The number of rotatable bonds is 16. The molecule has 0 aliphatic heterocycles. The zero-order chi connectivity index (χ0) is 25.0. The molecular formula is C24H34Cl2N2O5S. The summed E-state index contributed by atoms with van der Waals surface area (Å²) in [5, 5.41) is 11.6. The summed E-state index contributed by atoms with van der Waals surface area (Å²) in [6, 6.07) is 12.1. The van der Waals surface area contributed by atoms with Gasteiger partial charge in [0.25, 0.3) is 0 Å². The van der Waals surface area contributed by atoms with Gasteiger partial charge in [-0.25, -0.2) is 8.42 Å². The van der Waals surface area contributed by atoms with Crippen LogP contribution >= 0.6 is 23.2 Å². The number of nitrogens with one attached hydrogen (secondary N) is 1. The minimum Gasteiger partial charge on any atom is -0.491 e. The molecule has 0 saturated carbocycles. The molecule has 2 aromatic rings. The highest BCUT2D eigenvalue weighted by Crippen LogP contribution is 2.23. The van der Waals surface area contributed by atoms with Gasteiger partial charge in [0, 0.05) is 31.9 Å². The van der Waals surface area contributed by atoms with Gasteiger partial charge in [-0.05, 0) is 54.8 Å². The number of hydrogen-bond acceptors (Lipinski definition) is 6. The van der Waals surface area contributed by atoms with Gasteiger partial charge >= 0.3 is 0 Å². The van der Waals surface area contributed by atoms with Crippen LogP contribution in [0.1, 0.15) is 25.3 Å². The van der Waals surface area contributed by atoms with E-state index >= 15 is 0 Å². The molecule has 1 atom stereocenters. The van der Waals surface area contributed by atoms with Crippen LogP contribution in [0.2, 0.25) is 10.0 Å². The molecule has 10 heteroatoms. The maximum absolute atomic E-state index is 11.3. The third-order valence-corrected chi connectivity index (χ3v) is 6.31. The number of nitrogens with zero attached hydrogens (tertiary/aromatic N) is 1. The summed E-state index contributed by atoms with van der Waals surface area (Å²) < 4.78 is 36.4. The minimum absolute atomic E-state index is 0.110. The standard InChI is InChI=1S/C24H34Cl2N2O5S/c1-3-4-14-32-15-13-28(12-11-19-5-10-23(25)24(26)16-19)17-21(29)18-33-22-8-6-20(7-9-22)27-34(2,30)31/h5-10,16,21,27,29H,3-4,11-15,17-18H2,1-2H3/t21-/m0/s1. The predicted molar refractivity (Wildman–Crippen MR) is 139 cm³/mol. The number of aliphatic hydroxyl groups excluding tert-OH is 1. The molecule has 2 N–H and O–H groups in total. The summed E-state index contributed by atoms with van der Waals surface area (Å²) in [6.07, 6.45) is 3.25. The van der Waals surface area contributed by atoms with Crippen LogP contribution in [0.15, 0.2) is 42.5 Å². The van der Waals surface area contributed by atoms with Crippen molar-refractivity contribution in [3.05, 3.63) is 58.1 Å². The van der Waals surface area contributed by atoms with Gasteiger partial charge in [-0.15, -0.1) is 0 Å². The number of hydrogen-bond donors (Lipinski definition) is 2. The molecule has 2 rings (SSSR count). The average molecular weight is 534 g/mol. The van der Waals surface area contributed by atoms with E-state index in [1.165, 1.54) is 0 Å². The number of anilines is 1. The fourth-order valence-electron chi connectivity index (χ4n) is 3.20. The molecule has 0 aliphatic carbocycles. The van der Waals surface area contributed by atoms with E-state index in [-0.39, 0.29) is 6.61 Å². The number of halogens is 2. The molecule has 0 spiro atoms. The maximum atomic E-state index is 11.3. The lowest BCUT2D eigenvalue weighted by atomic mass is 10.1. The van der Waals surface area contributed by atoms with Gasteiger partial charge in [0.1, 0.15) is 18.5 Å². The van der Waals surface area contributed by atoms with E-state index in [1.807, 2.05) is 12.1 Å². The monoisotopic (exact) mass is 532 g/mol. The Morgan fingerprint density at radius 3 is 2.44 bits per heavy atom. The number of benzene rings is 2. The third-order valence-electron chi connectivity index (χ3n) is 4.96. The number of ether oxygens (including phenoxy) is 2. The van der Waals surface area contributed by atoms with Crippen molar-refractivity contribution in [2.75, 3.05) is 50.4 Å². The van der Waals surface area contributed by atoms with Crippen molar-refractivity contribution in [1.29, 1.82) is 0 Å². The van der Waals surface area contributed by atoms with Gasteiger partial charge in [-0.2, -0.15) is 0 Å². The molecule has 0 heterocycles. The fourth-order valence-corrected chi connectivity index (χ4v) is 4.08. The summed E-state index contributed by atoms with van der Waals surface area (Å²) in [7, 11) is -3.33. The van der Waals surface area contributed by atoms with Crippen LogP contribution in [0.3, 0.4) is 0 Å². The Labute approximate surface area is 213 Å². The van der Waals surface area contributed by atoms with Crippen LogP contribution in [0, 0.1) is 0 Å². The van der Waals surface area contributed by atoms with Gasteiger partial charge in [0.05, 0.1) is 22.9 Å². The lowest BCUT2D eigenvalue weighted by Gasteiger charge is -2.25. The van der Waals surface area contributed by atoms with E-state index in [0.717, 1.165) is 44.2 Å². The van der Waals surface area contributed by atoms with Crippen LogP contribution in [0.25, 0.3) is 0 Å². The van der Waals surface area contributed by atoms with Crippen LogP contribution < -0.4 is 9.46 Å². The van der Waals surface area contributed by atoms with Gasteiger partial charge in [0.15, 0.2) is 0 Å².